The van der Waals surface area contributed by atoms with Gasteiger partial charge in [-0.15, -0.1) is 0 Å². The first-order valence-corrected chi connectivity index (χ1v) is 7.75. The second kappa shape index (κ2) is 7.59. The standard InChI is InChI=1S/C12H16N2O8S/c13-23(21,22)7-3-1-6(2-4-7)14-12(20)11(19)10(18)9(17)8(16)5-15/h1-4,8-10,15-18H,5H2,(H,14,20)(H2,13,21,22)/t8-,9-,10+/m1/s1. The van der Waals surface area contributed by atoms with Crippen molar-refractivity contribution in [3.05, 3.63) is 24.3 Å². The number of aliphatic hydroxyl groups excluding tert-OH is 4. The number of rotatable bonds is 7. The SMILES string of the molecule is NS(=O)(=O)c1ccc(NC(=O)C(=O)[C@@H](O)[C@H](O)[C@H](O)CO)cc1. The van der Waals surface area contributed by atoms with Crippen molar-refractivity contribution in [3.8, 4) is 0 Å². The molecule has 10 nitrogen and oxygen atoms in total. The van der Waals surface area contributed by atoms with Crippen LogP contribution in [0.15, 0.2) is 29.2 Å². The number of anilines is 1. The molecule has 3 atom stereocenters. The van der Waals surface area contributed by atoms with Gasteiger partial charge in [0, 0.05) is 5.69 Å². The lowest BCUT2D eigenvalue weighted by molar-refractivity contribution is -0.148. The topological polar surface area (TPSA) is 187 Å². The normalized spacial score (nSPS) is 15.5. The molecule has 0 aliphatic heterocycles. The van der Waals surface area contributed by atoms with Gasteiger partial charge in [0.25, 0.3) is 11.7 Å². The Hall–Kier alpha value is -1.89. The maximum Gasteiger partial charge on any atom is 0.294 e. The summed E-state index contributed by atoms with van der Waals surface area (Å²) in [5.74, 6) is -2.74. The van der Waals surface area contributed by atoms with Crippen molar-refractivity contribution in [2.24, 2.45) is 5.14 Å². The highest BCUT2D eigenvalue weighted by Crippen LogP contribution is 2.13. The van der Waals surface area contributed by atoms with Gasteiger partial charge < -0.3 is 25.7 Å². The first kappa shape index (κ1) is 19.2. The summed E-state index contributed by atoms with van der Waals surface area (Å²) in [6.07, 6.45) is -6.07. The number of nitrogens with one attached hydrogen (secondary N) is 1. The zero-order valence-electron chi connectivity index (χ0n) is 11.7. The van der Waals surface area contributed by atoms with Crippen molar-refractivity contribution in [1.82, 2.24) is 0 Å². The monoisotopic (exact) mass is 348 g/mol. The minimum atomic E-state index is -3.91. The van der Waals surface area contributed by atoms with Gasteiger partial charge in [-0.1, -0.05) is 0 Å². The van der Waals surface area contributed by atoms with E-state index in [2.05, 4.69) is 5.32 Å². The van der Waals surface area contributed by atoms with Crippen molar-refractivity contribution in [1.29, 1.82) is 0 Å². The second-order valence-corrected chi connectivity index (χ2v) is 6.13. The summed E-state index contributed by atoms with van der Waals surface area (Å²) in [4.78, 5) is 23.0. The zero-order chi connectivity index (χ0) is 17.8. The van der Waals surface area contributed by atoms with E-state index < -0.39 is 46.6 Å². The molecule has 1 aromatic rings. The number of carbonyl (C=O) groups excluding carboxylic acids is 2. The summed E-state index contributed by atoms with van der Waals surface area (Å²) >= 11 is 0. The lowest BCUT2D eigenvalue weighted by Crippen LogP contribution is -2.47. The molecular formula is C12H16N2O8S. The van der Waals surface area contributed by atoms with E-state index >= 15 is 0 Å². The van der Waals surface area contributed by atoms with Crippen LogP contribution >= 0.6 is 0 Å². The number of amides is 1. The van der Waals surface area contributed by atoms with Gasteiger partial charge in [0.15, 0.2) is 6.10 Å². The van der Waals surface area contributed by atoms with E-state index in [-0.39, 0.29) is 10.6 Å². The Morgan fingerprint density at radius 1 is 1.13 bits per heavy atom. The molecule has 1 amide bonds. The predicted octanol–water partition coefficient (Wildman–Crippen LogP) is -3.08. The summed E-state index contributed by atoms with van der Waals surface area (Å²) < 4.78 is 22.1. The van der Waals surface area contributed by atoms with Crippen LogP contribution < -0.4 is 10.5 Å². The van der Waals surface area contributed by atoms with Crippen LogP contribution in [0.4, 0.5) is 5.69 Å². The Morgan fingerprint density at radius 2 is 1.65 bits per heavy atom. The number of ketones is 1. The Balaban J connectivity index is 2.77. The van der Waals surface area contributed by atoms with E-state index in [0.29, 0.717) is 0 Å². The highest BCUT2D eigenvalue weighted by Gasteiger charge is 2.33. The number of nitrogens with two attached hydrogens (primary N) is 1. The second-order valence-electron chi connectivity index (χ2n) is 4.57. The molecule has 0 aliphatic rings. The predicted molar refractivity (Wildman–Crippen MR) is 76.6 cm³/mol. The summed E-state index contributed by atoms with van der Waals surface area (Å²) in [5.41, 5.74) is 0.0418. The van der Waals surface area contributed by atoms with E-state index in [1.165, 1.54) is 0 Å². The largest absolute Gasteiger partial charge is 0.394 e. The molecule has 0 fully saturated rings. The lowest BCUT2D eigenvalue weighted by atomic mass is 10.0. The summed E-state index contributed by atoms with van der Waals surface area (Å²) in [6, 6.07) is 4.51. The molecular weight excluding hydrogens is 332 g/mol. The average Bonchev–Trinajstić information content (AvgIpc) is 2.51. The van der Waals surface area contributed by atoms with Crippen LogP contribution in [-0.2, 0) is 19.6 Å². The molecule has 0 bridgehead atoms. The van der Waals surface area contributed by atoms with Crippen LogP contribution in [0.25, 0.3) is 0 Å². The van der Waals surface area contributed by atoms with Crippen LogP contribution in [0.1, 0.15) is 0 Å². The van der Waals surface area contributed by atoms with E-state index in [4.69, 9.17) is 15.4 Å². The van der Waals surface area contributed by atoms with Gasteiger partial charge in [-0.2, -0.15) is 0 Å². The Bertz CT molecular complexity index is 673. The molecule has 0 saturated carbocycles. The van der Waals surface area contributed by atoms with Crippen LogP contribution in [0.5, 0.6) is 0 Å². The van der Waals surface area contributed by atoms with Gasteiger partial charge in [-0.05, 0) is 24.3 Å². The van der Waals surface area contributed by atoms with Gasteiger partial charge in [-0.3, -0.25) is 9.59 Å². The molecule has 0 heterocycles. The van der Waals surface area contributed by atoms with Crippen LogP contribution in [0.2, 0.25) is 0 Å². The van der Waals surface area contributed by atoms with Crippen LogP contribution in [0.3, 0.4) is 0 Å². The minimum absolute atomic E-state index is 0.0418. The van der Waals surface area contributed by atoms with Crippen molar-refractivity contribution >= 4 is 27.4 Å². The molecule has 0 aromatic heterocycles. The first-order chi connectivity index (χ1) is 10.6. The first-order valence-electron chi connectivity index (χ1n) is 6.21. The Morgan fingerprint density at radius 3 is 2.09 bits per heavy atom. The van der Waals surface area contributed by atoms with E-state index in [1.54, 1.807) is 0 Å². The number of primary sulfonamides is 1. The summed E-state index contributed by atoms with van der Waals surface area (Å²) in [5, 5.41) is 43.5. The quantitative estimate of drug-likeness (QED) is 0.280. The fourth-order valence-electron chi connectivity index (χ4n) is 1.53. The molecule has 128 valence electrons. The molecule has 1 aromatic carbocycles. The van der Waals surface area contributed by atoms with E-state index in [9.17, 15) is 28.2 Å². The van der Waals surface area contributed by atoms with Crippen molar-refractivity contribution in [2.45, 2.75) is 23.2 Å². The number of carbonyl (C=O) groups is 2. The molecule has 0 radical (unpaired) electrons. The van der Waals surface area contributed by atoms with Gasteiger partial charge in [0.1, 0.15) is 12.2 Å². The van der Waals surface area contributed by atoms with E-state index in [0.717, 1.165) is 24.3 Å². The third-order valence-electron chi connectivity index (χ3n) is 2.84. The van der Waals surface area contributed by atoms with E-state index in [1.807, 2.05) is 0 Å². The Kier molecular flexibility index (Phi) is 6.32. The summed E-state index contributed by atoms with van der Waals surface area (Å²) in [6.45, 7) is -0.915. The van der Waals surface area contributed by atoms with Crippen molar-refractivity contribution in [3.63, 3.8) is 0 Å². The molecule has 23 heavy (non-hydrogen) atoms. The number of hydrogen-bond acceptors (Lipinski definition) is 8. The maximum atomic E-state index is 11.6. The molecule has 0 spiro atoms. The smallest absolute Gasteiger partial charge is 0.294 e. The van der Waals surface area contributed by atoms with Gasteiger partial charge in [0.05, 0.1) is 11.5 Å². The molecule has 7 N–H and O–H groups in total. The molecule has 1 rings (SSSR count). The third kappa shape index (κ3) is 5.06. The highest BCUT2D eigenvalue weighted by molar-refractivity contribution is 7.89. The minimum Gasteiger partial charge on any atom is -0.394 e. The van der Waals surface area contributed by atoms with Gasteiger partial charge >= 0.3 is 0 Å². The fourth-order valence-corrected chi connectivity index (χ4v) is 2.04. The fraction of sp³-hybridized carbons (Fsp3) is 0.333. The van der Waals surface area contributed by atoms with Crippen molar-refractivity contribution < 1.29 is 38.4 Å². The summed E-state index contributed by atoms with van der Waals surface area (Å²) in [7, 11) is -3.91. The molecule has 0 saturated heterocycles. The zero-order valence-corrected chi connectivity index (χ0v) is 12.5. The number of sulfonamides is 1. The number of Topliss-reactive ketones (excluding diaryl/α,β-unsaturated/α-hetero) is 1. The van der Waals surface area contributed by atoms with Gasteiger partial charge in [-0.25, -0.2) is 13.6 Å². The highest BCUT2D eigenvalue weighted by atomic mass is 32.2. The number of benzene rings is 1. The molecule has 0 unspecified atom stereocenters. The van der Waals surface area contributed by atoms with Crippen LogP contribution in [0, 0.1) is 0 Å². The molecule has 0 aliphatic carbocycles. The van der Waals surface area contributed by atoms with Crippen LogP contribution in [-0.4, -0.2) is 65.5 Å². The average molecular weight is 348 g/mol. The van der Waals surface area contributed by atoms with Gasteiger partial charge in [0.2, 0.25) is 10.0 Å². The lowest BCUT2D eigenvalue weighted by Gasteiger charge is -2.19. The maximum absolute atomic E-state index is 11.6. The number of aliphatic hydroxyl groups is 4. The molecule has 11 heteroatoms. The Labute approximate surface area is 131 Å². The number of hydrogen-bond donors (Lipinski definition) is 6. The van der Waals surface area contributed by atoms with Crippen molar-refractivity contribution in [2.75, 3.05) is 11.9 Å². The third-order valence-corrected chi connectivity index (χ3v) is 3.77.